The molecule has 0 spiro atoms. The van der Waals surface area contributed by atoms with E-state index in [1.807, 2.05) is 6.92 Å². The summed E-state index contributed by atoms with van der Waals surface area (Å²) in [5, 5.41) is 0. The number of aromatic amines is 1. The molecule has 3 unspecified atom stereocenters. The fraction of sp³-hybridized carbons (Fsp3) is 0.583. The first-order valence-corrected chi connectivity index (χ1v) is 28.9. The lowest BCUT2D eigenvalue weighted by molar-refractivity contribution is -0.134. The van der Waals surface area contributed by atoms with Crippen LogP contribution in [0.5, 0.6) is 11.5 Å². The molecule has 1 aliphatic rings. The third-order valence-corrected chi connectivity index (χ3v) is 15.7. The SMILES string of the molecule is CCCCCCCCCCCCCCCCCCOC(=O)Oc1ccc(COP(=O)(OCc2ccc(OC(=O)CCCC)cc2)OP(=O)(O)OP(=O)(O)OC[C@@H]2C=C[C@H](n3cc(C)c(=O)[nH]c3=O)O2)cc1.N.N. The molecule has 2 heterocycles. The summed E-state index contributed by atoms with van der Waals surface area (Å²) in [5.41, 5.74) is -0.532. The lowest BCUT2D eigenvalue weighted by Gasteiger charge is -2.22. The summed E-state index contributed by atoms with van der Waals surface area (Å²) in [6, 6.07) is 11.5. The van der Waals surface area contributed by atoms with Gasteiger partial charge in [-0.2, -0.15) is 8.62 Å². The molecule has 9 N–H and O–H groups in total. The summed E-state index contributed by atoms with van der Waals surface area (Å²) in [6.07, 6.45) is 22.4. The number of rotatable bonds is 36. The van der Waals surface area contributed by atoms with Crippen molar-refractivity contribution >= 4 is 35.6 Å². The molecule has 412 valence electrons. The van der Waals surface area contributed by atoms with E-state index in [1.54, 1.807) is 0 Å². The van der Waals surface area contributed by atoms with Crippen LogP contribution in [0.1, 0.15) is 159 Å². The van der Waals surface area contributed by atoms with Gasteiger partial charge in [-0.1, -0.05) is 147 Å². The fourth-order valence-electron chi connectivity index (χ4n) is 7.11. The number of phosphoric ester groups is 2. The predicted molar refractivity (Wildman–Crippen MR) is 274 cm³/mol. The number of carbonyl (C=O) groups is 2. The number of unbranched alkanes of at least 4 members (excludes halogenated alkanes) is 16. The largest absolute Gasteiger partial charge is 0.513 e. The molecule has 0 aliphatic carbocycles. The predicted octanol–water partition coefficient (Wildman–Crippen LogP) is 12.3. The Morgan fingerprint density at radius 3 is 1.66 bits per heavy atom. The average molecular weight is 1090 g/mol. The number of hydrogen-bond donors (Lipinski definition) is 5. The number of aromatic nitrogens is 2. The van der Waals surface area contributed by atoms with E-state index in [-0.39, 0.29) is 42.4 Å². The van der Waals surface area contributed by atoms with E-state index in [1.165, 1.54) is 151 Å². The number of H-pyrrole nitrogens is 1. The van der Waals surface area contributed by atoms with Crippen molar-refractivity contribution in [1.82, 2.24) is 21.9 Å². The minimum absolute atomic E-state index is 0. The molecule has 0 fully saturated rings. The molecule has 0 saturated carbocycles. The monoisotopic (exact) mass is 1090 g/mol. The van der Waals surface area contributed by atoms with E-state index in [2.05, 4.69) is 16.2 Å². The number of hydrogen-bond acceptors (Lipinski definition) is 18. The van der Waals surface area contributed by atoms with E-state index in [4.69, 9.17) is 36.8 Å². The van der Waals surface area contributed by atoms with Gasteiger partial charge in [-0.05, 0) is 61.2 Å². The van der Waals surface area contributed by atoms with Gasteiger partial charge in [0.1, 0.15) is 17.6 Å². The molecule has 0 amide bonds. The highest BCUT2D eigenvalue weighted by atomic mass is 31.3. The minimum atomic E-state index is -5.82. The number of carbonyl (C=O) groups excluding carboxylic acids is 2. The second-order valence-corrected chi connectivity index (χ2v) is 22.0. The van der Waals surface area contributed by atoms with Gasteiger partial charge in [-0.3, -0.25) is 32.7 Å². The summed E-state index contributed by atoms with van der Waals surface area (Å²) in [7, 11) is -16.5. The number of phosphoric acid groups is 3. The zero-order valence-corrected chi connectivity index (χ0v) is 45.1. The molecule has 1 aliphatic heterocycles. The molecule has 5 atom stereocenters. The number of nitrogens with one attached hydrogen (secondary N) is 1. The van der Waals surface area contributed by atoms with Crippen molar-refractivity contribution < 1.29 is 74.2 Å². The molecule has 1 aromatic heterocycles. The number of aryl methyl sites for hydroxylation is 1. The second kappa shape index (κ2) is 34.5. The Balaban J connectivity index is 0.00000913. The maximum atomic E-state index is 14.0. The van der Waals surface area contributed by atoms with Crippen LogP contribution in [0.2, 0.25) is 0 Å². The molecular weight excluding hydrogens is 1010 g/mol. The standard InChI is InChI=1S/C48H71N2O18P3.2H3N/c1-4-6-8-9-10-11-12-13-14-15-16-17-18-19-20-21-33-60-48(54)66-42-29-25-40(26-30-42)36-63-71(59,62-35-39-23-27-41(28-24-39)65-45(51)22-7-5-2)68-70(57,58)67-69(55,56)61-37-43-31-32-44(64-43)50-34-38(3)46(52)49-47(50)53;;/h23-32,34,43-44H,4-22,33,35-37H2,1-3H3,(H,55,56)(H,57,58)(H,49,52,53);2*1H3/t43-,44+,71?;;/m0../s1. The lowest BCUT2D eigenvalue weighted by Crippen LogP contribution is -2.33. The Morgan fingerprint density at radius 1 is 0.644 bits per heavy atom. The van der Waals surface area contributed by atoms with E-state index in [9.17, 15) is 42.7 Å². The van der Waals surface area contributed by atoms with Crippen LogP contribution < -0.4 is 33.0 Å². The van der Waals surface area contributed by atoms with Gasteiger partial charge < -0.3 is 41.0 Å². The summed E-state index contributed by atoms with van der Waals surface area (Å²) in [5.74, 6) is -0.0780. The van der Waals surface area contributed by atoms with Crippen molar-refractivity contribution in [2.24, 2.45) is 0 Å². The lowest BCUT2D eigenvalue weighted by atomic mass is 10.0. The third kappa shape index (κ3) is 26.3. The Labute approximate surface area is 427 Å². The third-order valence-electron chi connectivity index (χ3n) is 11.0. The van der Waals surface area contributed by atoms with Crippen LogP contribution in [0, 0.1) is 6.92 Å². The van der Waals surface area contributed by atoms with Gasteiger partial charge in [-0.15, -0.1) is 0 Å². The van der Waals surface area contributed by atoms with Crippen molar-refractivity contribution in [1.29, 1.82) is 0 Å². The fourth-order valence-corrected chi connectivity index (χ4v) is 11.1. The van der Waals surface area contributed by atoms with E-state index in [0.29, 0.717) is 24.0 Å². The van der Waals surface area contributed by atoms with Crippen molar-refractivity contribution in [3.63, 3.8) is 0 Å². The Hall–Kier alpha value is -4.11. The molecule has 4 rings (SSSR count). The Morgan fingerprint density at radius 2 is 1.14 bits per heavy atom. The summed E-state index contributed by atoms with van der Waals surface area (Å²) in [4.78, 5) is 71.5. The highest BCUT2D eigenvalue weighted by Gasteiger charge is 2.44. The minimum Gasteiger partial charge on any atom is -0.434 e. The molecule has 22 nitrogen and oxygen atoms in total. The normalized spacial score (nSPS) is 16.6. The van der Waals surface area contributed by atoms with Gasteiger partial charge in [0, 0.05) is 18.2 Å². The molecule has 0 bridgehead atoms. The second-order valence-electron chi connectivity index (χ2n) is 17.2. The molecule has 0 saturated heterocycles. The highest BCUT2D eigenvalue weighted by molar-refractivity contribution is 7.67. The molecule has 0 radical (unpaired) electrons. The van der Waals surface area contributed by atoms with Crippen LogP contribution in [0.4, 0.5) is 4.79 Å². The number of benzene rings is 2. The van der Waals surface area contributed by atoms with Gasteiger partial charge in [-0.25, -0.2) is 23.3 Å². The summed E-state index contributed by atoms with van der Waals surface area (Å²) < 4.78 is 87.3. The maximum Gasteiger partial charge on any atom is 0.513 e. The zero-order chi connectivity index (χ0) is 51.5. The number of ether oxygens (including phenoxy) is 4. The van der Waals surface area contributed by atoms with Gasteiger partial charge in [0.05, 0.1) is 26.4 Å². The van der Waals surface area contributed by atoms with Crippen molar-refractivity contribution in [3.8, 4) is 11.5 Å². The van der Waals surface area contributed by atoms with Crippen LogP contribution >= 0.6 is 23.5 Å². The summed E-state index contributed by atoms with van der Waals surface area (Å²) >= 11 is 0. The number of esters is 1. The first kappa shape index (κ1) is 65.0. The van der Waals surface area contributed by atoms with Crippen LogP contribution in [0.15, 0.2) is 76.5 Å². The molecule has 73 heavy (non-hydrogen) atoms. The van der Waals surface area contributed by atoms with Crippen molar-refractivity contribution in [2.75, 3.05) is 13.2 Å². The van der Waals surface area contributed by atoms with E-state index in [0.717, 1.165) is 30.3 Å². The zero-order valence-electron chi connectivity index (χ0n) is 42.4. The van der Waals surface area contributed by atoms with Crippen molar-refractivity contribution in [2.45, 2.75) is 168 Å². The van der Waals surface area contributed by atoms with E-state index >= 15 is 0 Å². The molecule has 2 aromatic carbocycles. The van der Waals surface area contributed by atoms with Gasteiger partial charge in [0.15, 0.2) is 6.23 Å². The quantitative estimate of drug-likeness (QED) is 0.00902. The highest BCUT2D eigenvalue weighted by Crippen LogP contribution is 2.69. The van der Waals surface area contributed by atoms with Crippen LogP contribution in [0.3, 0.4) is 0 Å². The smallest absolute Gasteiger partial charge is 0.434 e. The van der Waals surface area contributed by atoms with Gasteiger partial charge >= 0.3 is 41.3 Å². The molecule has 25 heteroatoms. The topological polar surface area (TPSA) is 334 Å². The molecule has 3 aromatic rings. The van der Waals surface area contributed by atoms with Crippen LogP contribution in [-0.2, 0) is 63.4 Å². The van der Waals surface area contributed by atoms with Crippen molar-refractivity contribution in [3.05, 3.63) is 104 Å². The first-order valence-electron chi connectivity index (χ1n) is 24.5. The van der Waals surface area contributed by atoms with Gasteiger partial charge in [0.2, 0.25) is 0 Å². The van der Waals surface area contributed by atoms with Crippen LogP contribution in [-0.4, -0.2) is 50.8 Å². The summed E-state index contributed by atoms with van der Waals surface area (Å²) in [6.45, 7) is 3.99. The Kier molecular flexibility index (Phi) is 30.7. The first-order chi connectivity index (χ1) is 34.0. The molecular formula is C48H77N4O18P3. The Bertz CT molecular complexity index is 2380. The van der Waals surface area contributed by atoms with E-state index < -0.39 is 79.0 Å². The number of nitrogens with zero attached hydrogens (tertiary/aromatic N) is 1. The van der Waals surface area contributed by atoms with Gasteiger partial charge in [0.25, 0.3) is 5.56 Å². The van der Waals surface area contributed by atoms with Crippen LogP contribution in [0.25, 0.3) is 0 Å². The average Bonchev–Trinajstić information content (AvgIpc) is 3.80. The maximum absolute atomic E-state index is 14.0.